The Morgan fingerprint density at radius 1 is 1.15 bits per heavy atom. The number of nitrogens with zero attached hydrogens (tertiary/aromatic N) is 1. The minimum atomic E-state index is -3.50. The molecule has 156 valence electrons. The summed E-state index contributed by atoms with van der Waals surface area (Å²) in [5.41, 5.74) is 1.02. The van der Waals surface area contributed by atoms with Crippen molar-refractivity contribution in [3.05, 3.63) is 29.8 Å². The first kappa shape index (κ1) is 26.1. The van der Waals surface area contributed by atoms with Crippen LogP contribution >= 0.6 is 24.0 Å². The third-order valence-corrected chi connectivity index (χ3v) is 5.45. The molecule has 0 spiro atoms. The highest BCUT2D eigenvalue weighted by Crippen LogP contribution is 2.20. The molecule has 0 amide bonds. The number of nitrogens with one attached hydrogen (secondary N) is 3. The summed E-state index contributed by atoms with van der Waals surface area (Å²) in [7, 11) is -0.142. The highest BCUT2D eigenvalue weighted by atomic mass is 127. The molecule has 9 heteroatoms. The van der Waals surface area contributed by atoms with Gasteiger partial charge in [-0.25, -0.2) is 13.1 Å². The lowest BCUT2D eigenvalue weighted by molar-refractivity contribution is 0.0205. The lowest BCUT2D eigenvalue weighted by Crippen LogP contribution is -2.46. The van der Waals surface area contributed by atoms with Gasteiger partial charge in [0.1, 0.15) is 0 Å². The Balaban J connectivity index is 0.00000676. The summed E-state index contributed by atoms with van der Waals surface area (Å²) in [6.45, 7) is 9.52. The van der Waals surface area contributed by atoms with Crippen LogP contribution in [-0.2, 0) is 14.8 Å². The Hall–Kier alpha value is -0.910. The summed E-state index contributed by atoms with van der Waals surface area (Å²) in [6.07, 6.45) is 0.0288. The van der Waals surface area contributed by atoms with Crippen LogP contribution in [0.2, 0.25) is 0 Å². The van der Waals surface area contributed by atoms with Crippen molar-refractivity contribution in [2.75, 3.05) is 33.8 Å². The summed E-state index contributed by atoms with van der Waals surface area (Å²) < 4.78 is 32.5. The Kier molecular flexibility index (Phi) is 11.4. The van der Waals surface area contributed by atoms with Crippen LogP contribution in [0.5, 0.6) is 0 Å². The monoisotopic (exact) mass is 512 g/mol. The molecule has 0 aliphatic heterocycles. The number of aryl methyl sites for hydroxylation is 1. The number of benzene rings is 1. The van der Waals surface area contributed by atoms with Crippen LogP contribution in [0, 0.1) is 12.3 Å². The number of guanidine groups is 1. The van der Waals surface area contributed by atoms with Gasteiger partial charge < -0.3 is 15.4 Å². The maximum atomic E-state index is 12.2. The SMILES string of the molecule is CN=C(NCCNS(=O)(=O)c1ccc(C)cc1)NCC(OC)C(C)(C)C.I. The third kappa shape index (κ3) is 9.22. The van der Waals surface area contributed by atoms with E-state index in [-0.39, 0.29) is 46.9 Å². The molecule has 1 aromatic carbocycles. The minimum Gasteiger partial charge on any atom is -0.379 e. The standard InChI is InChI=1S/C18H32N4O3S.HI/c1-14-7-9-15(10-8-14)26(23,24)22-12-11-20-17(19-5)21-13-16(25-6)18(2,3)4;/h7-10,16,22H,11-13H2,1-6H3,(H2,19,20,21);1H. The second kappa shape index (κ2) is 11.8. The van der Waals surface area contributed by atoms with Crippen LogP contribution in [0.15, 0.2) is 34.2 Å². The van der Waals surface area contributed by atoms with Gasteiger partial charge in [0.15, 0.2) is 5.96 Å². The third-order valence-electron chi connectivity index (χ3n) is 3.97. The van der Waals surface area contributed by atoms with Crippen LogP contribution in [0.3, 0.4) is 0 Å². The van der Waals surface area contributed by atoms with E-state index in [1.54, 1.807) is 38.4 Å². The number of aliphatic imine (C=N–C) groups is 1. The minimum absolute atomic E-state index is 0. The van der Waals surface area contributed by atoms with Crippen LogP contribution in [0.25, 0.3) is 0 Å². The van der Waals surface area contributed by atoms with Crippen molar-refractivity contribution in [2.24, 2.45) is 10.4 Å². The predicted molar refractivity (Wildman–Crippen MR) is 121 cm³/mol. The quantitative estimate of drug-likeness (QED) is 0.215. The average Bonchev–Trinajstić information content (AvgIpc) is 2.56. The summed E-state index contributed by atoms with van der Waals surface area (Å²) in [4.78, 5) is 4.40. The zero-order valence-electron chi connectivity index (χ0n) is 17.0. The van der Waals surface area contributed by atoms with Gasteiger partial charge in [0.25, 0.3) is 0 Å². The lowest BCUT2D eigenvalue weighted by atomic mass is 9.89. The summed E-state index contributed by atoms with van der Waals surface area (Å²) >= 11 is 0. The van der Waals surface area contributed by atoms with Crippen molar-refractivity contribution >= 4 is 40.0 Å². The van der Waals surface area contributed by atoms with E-state index in [0.717, 1.165) is 5.56 Å². The van der Waals surface area contributed by atoms with E-state index < -0.39 is 10.0 Å². The molecular weight excluding hydrogens is 479 g/mol. The van der Waals surface area contributed by atoms with Gasteiger partial charge in [-0.05, 0) is 24.5 Å². The molecule has 1 aromatic rings. The van der Waals surface area contributed by atoms with Gasteiger partial charge >= 0.3 is 0 Å². The number of methoxy groups -OCH3 is 1. The second-order valence-electron chi connectivity index (χ2n) is 7.18. The normalized spacial score (nSPS) is 13.6. The molecule has 7 nitrogen and oxygen atoms in total. The molecule has 3 N–H and O–H groups in total. The number of hydrogen-bond acceptors (Lipinski definition) is 4. The molecule has 0 aromatic heterocycles. The molecule has 1 rings (SSSR count). The lowest BCUT2D eigenvalue weighted by Gasteiger charge is -2.30. The first-order valence-corrected chi connectivity index (χ1v) is 10.1. The van der Waals surface area contributed by atoms with Crippen molar-refractivity contribution in [1.82, 2.24) is 15.4 Å². The molecule has 27 heavy (non-hydrogen) atoms. The highest BCUT2D eigenvalue weighted by molar-refractivity contribution is 14.0. The molecule has 0 saturated carbocycles. The van der Waals surface area contributed by atoms with E-state index >= 15 is 0 Å². The van der Waals surface area contributed by atoms with E-state index in [2.05, 4.69) is 41.1 Å². The summed E-state index contributed by atoms with van der Waals surface area (Å²) in [6, 6.07) is 6.76. The molecule has 0 bridgehead atoms. The molecule has 1 unspecified atom stereocenters. The first-order chi connectivity index (χ1) is 12.1. The largest absolute Gasteiger partial charge is 0.379 e. The molecule has 0 radical (unpaired) electrons. The Labute approximate surface area is 180 Å². The van der Waals surface area contributed by atoms with Crippen molar-refractivity contribution < 1.29 is 13.2 Å². The average molecular weight is 512 g/mol. The molecule has 1 atom stereocenters. The van der Waals surface area contributed by atoms with Gasteiger partial charge in [-0.1, -0.05) is 38.5 Å². The fourth-order valence-corrected chi connectivity index (χ4v) is 3.35. The van der Waals surface area contributed by atoms with Crippen LogP contribution in [0.1, 0.15) is 26.3 Å². The van der Waals surface area contributed by atoms with E-state index in [1.165, 1.54) is 0 Å². The molecular formula is C18H33IN4O3S. The zero-order chi connectivity index (χ0) is 19.8. The van der Waals surface area contributed by atoms with Gasteiger partial charge in [0.05, 0.1) is 11.0 Å². The molecule has 0 saturated heterocycles. The van der Waals surface area contributed by atoms with Gasteiger partial charge in [0, 0.05) is 33.8 Å². The van der Waals surface area contributed by atoms with Crippen molar-refractivity contribution in [1.29, 1.82) is 0 Å². The predicted octanol–water partition coefficient (Wildman–Crippen LogP) is 2.12. The van der Waals surface area contributed by atoms with Crippen molar-refractivity contribution in [3.63, 3.8) is 0 Å². The zero-order valence-corrected chi connectivity index (χ0v) is 20.1. The van der Waals surface area contributed by atoms with E-state index in [4.69, 9.17) is 4.74 Å². The Morgan fingerprint density at radius 3 is 2.22 bits per heavy atom. The molecule has 0 heterocycles. The number of halogens is 1. The fraction of sp³-hybridized carbons (Fsp3) is 0.611. The smallest absolute Gasteiger partial charge is 0.240 e. The number of ether oxygens (including phenoxy) is 1. The summed E-state index contributed by atoms with van der Waals surface area (Å²) in [5, 5.41) is 6.29. The second-order valence-corrected chi connectivity index (χ2v) is 8.95. The number of hydrogen-bond donors (Lipinski definition) is 3. The maximum Gasteiger partial charge on any atom is 0.240 e. The van der Waals surface area contributed by atoms with Crippen molar-refractivity contribution in [2.45, 2.75) is 38.7 Å². The fourth-order valence-electron chi connectivity index (χ4n) is 2.32. The van der Waals surface area contributed by atoms with Gasteiger partial charge in [-0.2, -0.15) is 0 Å². The van der Waals surface area contributed by atoms with Gasteiger partial charge in [0.2, 0.25) is 10.0 Å². The van der Waals surface area contributed by atoms with Crippen LogP contribution in [-0.4, -0.2) is 54.3 Å². The molecule has 0 aliphatic carbocycles. The Morgan fingerprint density at radius 2 is 1.74 bits per heavy atom. The van der Waals surface area contributed by atoms with E-state index in [1.807, 2.05) is 6.92 Å². The maximum absolute atomic E-state index is 12.2. The van der Waals surface area contributed by atoms with Gasteiger partial charge in [-0.15, -0.1) is 24.0 Å². The van der Waals surface area contributed by atoms with Gasteiger partial charge in [-0.3, -0.25) is 4.99 Å². The van der Waals surface area contributed by atoms with E-state index in [9.17, 15) is 8.42 Å². The van der Waals surface area contributed by atoms with Crippen molar-refractivity contribution in [3.8, 4) is 0 Å². The number of sulfonamides is 1. The highest BCUT2D eigenvalue weighted by Gasteiger charge is 2.24. The molecule has 0 aliphatic rings. The first-order valence-electron chi connectivity index (χ1n) is 8.64. The van der Waals surface area contributed by atoms with Crippen LogP contribution < -0.4 is 15.4 Å². The molecule has 0 fully saturated rings. The van der Waals surface area contributed by atoms with Crippen LogP contribution in [0.4, 0.5) is 0 Å². The number of rotatable bonds is 8. The Bertz CT molecular complexity index is 686. The summed E-state index contributed by atoms with van der Waals surface area (Å²) in [5.74, 6) is 0.603. The van der Waals surface area contributed by atoms with E-state index in [0.29, 0.717) is 19.0 Å². The topological polar surface area (TPSA) is 91.8 Å².